The summed E-state index contributed by atoms with van der Waals surface area (Å²) in [6, 6.07) is 27.6. The number of hydrogen-bond acceptors (Lipinski definition) is 5. The molecule has 0 radical (unpaired) electrons. The predicted octanol–water partition coefficient (Wildman–Crippen LogP) is 5.74. The number of thioether (sulfide) groups is 1. The molecular formula is C29H30N4O2S. The number of aryl methyl sites for hydroxylation is 1. The van der Waals surface area contributed by atoms with Crippen LogP contribution < -0.4 is 10.1 Å². The number of nitrogens with one attached hydrogen (secondary N) is 1. The number of para-hydroxylation sites is 1. The summed E-state index contributed by atoms with van der Waals surface area (Å²) in [6.07, 6.45) is 1.79. The molecule has 0 saturated carbocycles. The van der Waals surface area contributed by atoms with E-state index >= 15 is 0 Å². The molecule has 4 aromatic rings. The van der Waals surface area contributed by atoms with Gasteiger partial charge in [0, 0.05) is 6.54 Å². The van der Waals surface area contributed by atoms with Crippen LogP contribution in [0, 0.1) is 6.92 Å². The molecule has 7 heteroatoms. The summed E-state index contributed by atoms with van der Waals surface area (Å²) < 4.78 is 7.92. The molecule has 4 rings (SSSR count). The number of carbonyl (C=O) groups excluding carboxylic acids is 1. The standard InChI is InChI=1S/C29H30N4O2S/c1-4-19-33-26(20-35-25-18-12-11-13-21(25)2)31-32-29(33)36-22(3)28(34)30-27(23-14-7-5-8-15-23)24-16-9-6-10-17-24/h4-18,22,27H,1,19-20H2,2-3H3,(H,30,34)/t22-/m0/s1. The fraction of sp³-hybridized carbons (Fsp3) is 0.207. The molecular weight excluding hydrogens is 468 g/mol. The van der Waals surface area contributed by atoms with Gasteiger partial charge >= 0.3 is 0 Å². The summed E-state index contributed by atoms with van der Waals surface area (Å²) in [5.74, 6) is 1.41. The lowest BCUT2D eigenvalue weighted by Gasteiger charge is -2.22. The minimum atomic E-state index is -0.391. The molecule has 1 amide bonds. The lowest BCUT2D eigenvalue weighted by molar-refractivity contribution is -0.120. The minimum Gasteiger partial charge on any atom is -0.485 e. The van der Waals surface area contributed by atoms with E-state index in [-0.39, 0.29) is 18.6 Å². The third-order valence-corrected chi connectivity index (χ3v) is 6.84. The largest absolute Gasteiger partial charge is 0.485 e. The maximum Gasteiger partial charge on any atom is 0.234 e. The zero-order chi connectivity index (χ0) is 25.3. The monoisotopic (exact) mass is 498 g/mol. The highest BCUT2D eigenvalue weighted by molar-refractivity contribution is 8.00. The molecule has 1 atom stereocenters. The third-order valence-electron chi connectivity index (χ3n) is 5.76. The van der Waals surface area contributed by atoms with E-state index in [0.29, 0.717) is 17.5 Å². The first-order valence-corrected chi connectivity index (χ1v) is 12.7. The molecule has 3 aromatic carbocycles. The average Bonchev–Trinajstić information content (AvgIpc) is 3.28. The van der Waals surface area contributed by atoms with Gasteiger partial charge in [-0.1, -0.05) is 96.7 Å². The Morgan fingerprint density at radius 3 is 2.22 bits per heavy atom. The highest BCUT2D eigenvalue weighted by Crippen LogP contribution is 2.27. The Bertz CT molecular complexity index is 1250. The topological polar surface area (TPSA) is 69.0 Å². The van der Waals surface area contributed by atoms with Gasteiger partial charge in [0.15, 0.2) is 11.0 Å². The molecule has 0 fully saturated rings. The number of carbonyl (C=O) groups is 1. The average molecular weight is 499 g/mol. The molecule has 1 N–H and O–H groups in total. The van der Waals surface area contributed by atoms with Crippen LogP contribution in [0.5, 0.6) is 5.75 Å². The highest BCUT2D eigenvalue weighted by atomic mass is 32.2. The Hall–Kier alpha value is -3.84. The van der Waals surface area contributed by atoms with E-state index < -0.39 is 5.25 Å². The van der Waals surface area contributed by atoms with Crippen molar-refractivity contribution >= 4 is 17.7 Å². The van der Waals surface area contributed by atoms with Gasteiger partial charge in [-0.25, -0.2) is 0 Å². The zero-order valence-electron chi connectivity index (χ0n) is 20.5. The number of amides is 1. The van der Waals surface area contributed by atoms with Crippen LogP contribution in [0.2, 0.25) is 0 Å². The number of allylic oxidation sites excluding steroid dienone is 1. The predicted molar refractivity (Wildman–Crippen MR) is 144 cm³/mol. The van der Waals surface area contributed by atoms with Crippen molar-refractivity contribution in [3.8, 4) is 5.75 Å². The van der Waals surface area contributed by atoms with Crippen LogP contribution in [-0.2, 0) is 17.9 Å². The molecule has 0 spiro atoms. The fourth-order valence-corrected chi connectivity index (χ4v) is 4.69. The second-order valence-electron chi connectivity index (χ2n) is 8.38. The zero-order valence-corrected chi connectivity index (χ0v) is 21.3. The van der Waals surface area contributed by atoms with Crippen LogP contribution in [-0.4, -0.2) is 25.9 Å². The Kier molecular flexibility index (Phi) is 8.57. The van der Waals surface area contributed by atoms with Crippen molar-refractivity contribution in [2.75, 3.05) is 0 Å². The summed E-state index contributed by atoms with van der Waals surface area (Å²) in [6.45, 7) is 8.54. The van der Waals surface area contributed by atoms with Crippen LogP contribution in [0.15, 0.2) is 103 Å². The lowest BCUT2D eigenvalue weighted by Crippen LogP contribution is -2.35. The SMILES string of the molecule is C=CCn1c(COc2ccccc2C)nnc1S[C@@H](C)C(=O)NC(c1ccccc1)c1ccccc1. The number of aromatic nitrogens is 3. The Morgan fingerprint density at radius 1 is 1.00 bits per heavy atom. The van der Waals surface area contributed by atoms with E-state index in [0.717, 1.165) is 22.4 Å². The van der Waals surface area contributed by atoms with Crippen molar-refractivity contribution in [3.05, 3.63) is 120 Å². The van der Waals surface area contributed by atoms with Gasteiger partial charge in [0.05, 0.1) is 11.3 Å². The van der Waals surface area contributed by atoms with Gasteiger partial charge in [-0.15, -0.1) is 16.8 Å². The van der Waals surface area contributed by atoms with Crippen molar-refractivity contribution in [2.24, 2.45) is 0 Å². The van der Waals surface area contributed by atoms with Crippen molar-refractivity contribution in [3.63, 3.8) is 0 Å². The van der Waals surface area contributed by atoms with Gasteiger partial charge in [-0.05, 0) is 36.6 Å². The number of benzene rings is 3. The number of hydrogen-bond donors (Lipinski definition) is 1. The number of ether oxygens (including phenoxy) is 1. The first-order valence-electron chi connectivity index (χ1n) is 11.8. The summed E-state index contributed by atoms with van der Waals surface area (Å²) in [5.41, 5.74) is 3.11. The second-order valence-corrected chi connectivity index (χ2v) is 9.68. The van der Waals surface area contributed by atoms with E-state index in [9.17, 15) is 4.79 Å². The van der Waals surface area contributed by atoms with Crippen molar-refractivity contribution in [2.45, 2.75) is 43.4 Å². The van der Waals surface area contributed by atoms with Crippen molar-refractivity contribution < 1.29 is 9.53 Å². The first kappa shape index (κ1) is 25.3. The van der Waals surface area contributed by atoms with Gasteiger partial charge in [0.2, 0.25) is 5.91 Å². The minimum absolute atomic E-state index is 0.0800. The summed E-state index contributed by atoms with van der Waals surface area (Å²) >= 11 is 1.37. The number of rotatable bonds is 11. The Balaban J connectivity index is 1.48. The highest BCUT2D eigenvalue weighted by Gasteiger charge is 2.24. The maximum absolute atomic E-state index is 13.3. The van der Waals surface area contributed by atoms with Gasteiger partial charge in [-0.2, -0.15) is 0 Å². The summed E-state index contributed by atoms with van der Waals surface area (Å²) in [7, 11) is 0. The molecule has 0 saturated heterocycles. The third kappa shape index (κ3) is 6.23. The molecule has 1 heterocycles. The molecule has 36 heavy (non-hydrogen) atoms. The van der Waals surface area contributed by atoms with Crippen LogP contribution >= 0.6 is 11.8 Å². The van der Waals surface area contributed by atoms with Gasteiger partial charge in [0.25, 0.3) is 0 Å². The lowest BCUT2D eigenvalue weighted by atomic mass is 9.98. The van der Waals surface area contributed by atoms with E-state index in [1.54, 1.807) is 6.08 Å². The van der Waals surface area contributed by atoms with Crippen molar-refractivity contribution in [1.29, 1.82) is 0 Å². The van der Waals surface area contributed by atoms with Crippen LogP contribution in [0.4, 0.5) is 0 Å². The van der Waals surface area contributed by atoms with E-state index in [1.165, 1.54) is 11.8 Å². The molecule has 0 aliphatic rings. The van der Waals surface area contributed by atoms with E-state index in [2.05, 4.69) is 22.1 Å². The van der Waals surface area contributed by atoms with Crippen LogP contribution in [0.1, 0.15) is 35.5 Å². The van der Waals surface area contributed by atoms with E-state index in [1.807, 2.05) is 103 Å². The van der Waals surface area contributed by atoms with Gasteiger partial charge < -0.3 is 10.1 Å². The van der Waals surface area contributed by atoms with Crippen molar-refractivity contribution in [1.82, 2.24) is 20.1 Å². The molecule has 184 valence electrons. The summed E-state index contributed by atoms with van der Waals surface area (Å²) in [4.78, 5) is 13.3. The fourth-order valence-electron chi connectivity index (χ4n) is 3.81. The molecule has 0 unspecified atom stereocenters. The van der Waals surface area contributed by atoms with Crippen LogP contribution in [0.25, 0.3) is 0 Å². The molecule has 1 aromatic heterocycles. The number of nitrogens with zero attached hydrogens (tertiary/aromatic N) is 3. The van der Waals surface area contributed by atoms with E-state index in [4.69, 9.17) is 4.74 Å². The first-order chi connectivity index (χ1) is 17.6. The molecule has 0 bridgehead atoms. The smallest absolute Gasteiger partial charge is 0.234 e. The Labute approximate surface area is 216 Å². The Morgan fingerprint density at radius 2 is 1.61 bits per heavy atom. The van der Waals surface area contributed by atoms with Crippen LogP contribution in [0.3, 0.4) is 0 Å². The van der Waals surface area contributed by atoms with Gasteiger partial charge in [0.1, 0.15) is 12.4 Å². The normalized spacial score (nSPS) is 11.8. The maximum atomic E-state index is 13.3. The molecule has 0 aliphatic carbocycles. The van der Waals surface area contributed by atoms with Gasteiger partial charge in [-0.3, -0.25) is 9.36 Å². The molecule has 6 nitrogen and oxygen atoms in total. The summed E-state index contributed by atoms with van der Waals surface area (Å²) in [5, 5.41) is 12.2. The quantitative estimate of drug-likeness (QED) is 0.211. The second kappa shape index (κ2) is 12.2. The molecule has 0 aliphatic heterocycles.